The Labute approximate surface area is 134 Å². The van der Waals surface area contributed by atoms with Crippen molar-refractivity contribution in [1.82, 2.24) is 15.1 Å². The molecule has 0 bridgehead atoms. The van der Waals surface area contributed by atoms with E-state index in [0.717, 1.165) is 18.5 Å². The van der Waals surface area contributed by atoms with E-state index < -0.39 is 0 Å². The third kappa shape index (κ3) is 3.70. The molecule has 0 aliphatic heterocycles. The number of benzene rings is 1. The van der Waals surface area contributed by atoms with Crippen molar-refractivity contribution in [3.63, 3.8) is 0 Å². The number of hydrogen-bond donors (Lipinski definition) is 2. The number of hydrogen-bond acceptors (Lipinski definition) is 2. The van der Waals surface area contributed by atoms with E-state index in [-0.39, 0.29) is 23.3 Å². The summed E-state index contributed by atoms with van der Waals surface area (Å²) in [6.07, 6.45) is 2.05. The molecule has 5 nitrogen and oxygen atoms in total. The molecule has 2 aromatic rings. The summed E-state index contributed by atoms with van der Waals surface area (Å²) in [7, 11) is 0. The highest BCUT2D eigenvalue weighted by atomic mass is 19.1. The van der Waals surface area contributed by atoms with Gasteiger partial charge in [0.2, 0.25) is 0 Å². The van der Waals surface area contributed by atoms with Crippen molar-refractivity contribution in [3.05, 3.63) is 41.8 Å². The van der Waals surface area contributed by atoms with E-state index in [1.54, 1.807) is 16.8 Å². The molecule has 3 rings (SSSR count). The maximum absolute atomic E-state index is 13.1. The summed E-state index contributed by atoms with van der Waals surface area (Å²) < 4.78 is 14.8. The average Bonchev–Trinajstić information content (AvgIpc) is 3.16. The fraction of sp³-hybridized carbons (Fsp3) is 0.412. The minimum atomic E-state index is -0.307. The van der Waals surface area contributed by atoms with Crippen molar-refractivity contribution in [2.75, 3.05) is 5.32 Å². The number of aromatic nitrogens is 2. The predicted molar refractivity (Wildman–Crippen MR) is 87.4 cm³/mol. The molecule has 6 heteroatoms. The van der Waals surface area contributed by atoms with Crippen molar-refractivity contribution in [2.24, 2.45) is 0 Å². The summed E-state index contributed by atoms with van der Waals surface area (Å²) in [4.78, 5) is 12.0. The molecule has 1 saturated carbocycles. The summed E-state index contributed by atoms with van der Waals surface area (Å²) in [5.41, 5.74) is 1.39. The highest BCUT2D eigenvalue weighted by molar-refractivity contribution is 5.89. The van der Waals surface area contributed by atoms with Gasteiger partial charge >= 0.3 is 6.03 Å². The highest BCUT2D eigenvalue weighted by Gasteiger charge is 2.25. The van der Waals surface area contributed by atoms with Crippen LogP contribution in [0.5, 0.6) is 0 Å². The van der Waals surface area contributed by atoms with E-state index in [9.17, 15) is 9.18 Å². The molecule has 1 aromatic heterocycles. The monoisotopic (exact) mass is 316 g/mol. The number of carbonyl (C=O) groups is 1. The number of nitrogens with one attached hydrogen (secondary N) is 2. The Hall–Kier alpha value is -2.37. The van der Waals surface area contributed by atoms with Crippen LogP contribution in [0.15, 0.2) is 30.3 Å². The van der Waals surface area contributed by atoms with Crippen LogP contribution in [0.3, 0.4) is 0 Å². The van der Waals surface area contributed by atoms with Gasteiger partial charge in [-0.15, -0.1) is 0 Å². The Kier molecular flexibility index (Phi) is 3.83. The Bertz CT molecular complexity index is 711. The Morgan fingerprint density at radius 3 is 2.48 bits per heavy atom. The molecule has 0 radical (unpaired) electrons. The quantitative estimate of drug-likeness (QED) is 0.909. The van der Waals surface area contributed by atoms with E-state index in [2.05, 4.69) is 36.5 Å². The van der Waals surface area contributed by atoms with Gasteiger partial charge in [0, 0.05) is 17.5 Å². The van der Waals surface area contributed by atoms with Crippen LogP contribution >= 0.6 is 0 Å². The zero-order valence-corrected chi connectivity index (χ0v) is 13.6. The molecule has 1 aliphatic carbocycles. The number of amides is 2. The summed E-state index contributed by atoms with van der Waals surface area (Å²) in [5.74, 6) is 0.262. The maximum Gasteiger partial charge on any atom is 0.320 e. The minimum absolute atomic E-state index is 0.158. The van der Waals surface area contributed by atoms with Gasteiger partial charge in [0.25, 0.3) is 0 Å². The van der Waals surface area contributed by atoms with Gasteiger partial charge in [-0.05, 0) is 37.1 Å². The first-order valence-corrected chi connectivity index (χ1v) is 7.77. The first-order valence-electron chi connectivity index (χ1n) is 7.77. The Morgan fingerprint density at radius 1 is 1.26 bits per heavy atom. The summed E-state index contributed by atoms with van der Waals surface area (Å²) in [6.45, 7) is 6.16. The molecule has 23 heavy (non-hydrogen) atoms. The minimum Gasteiger partial charge on any atom is -0.335 e. The molecule has 0 saturated heterocycles. The number of carbonyl (C=O) groups excluding carboxylic acids is 1. The Morgan fingerprint density at radius 2 is 1.91 bits per heavy atom. The van der Waals surface area contributed by atoms with Crippen LogP contribution in [0.25, 0.3) is 5.69 Å². The topological polar surface area (TPSA) is 59.0 Å². The van der Waals surface area contributed by atoms with Gasteiger partial charge in [0.1, 0.15) is 11.6 Å². The molecule has 1 fully saturated rings. The second-order valence-corrected chi connectivity index (χ2v) is 6.93. The molecule has 1 heterocycles. The van der Waals surface area contributed by atoms with Crippen LogP contribution in [0, 0.1) is 5.82 Å². The second kappa shape index (κ2) is 5.68. The molecule has 0 unspecified atom stereocenters. The SMILES string of the molecule is CC(C)(C)c1cc(NC(=O)NC2CC2)n(-c2ccc(F)cc2)n1. The van der Waals surface area contributed by atoms with E-state index in [4.69, 9.17) is 0 Å². The van der Waals surface area contributed by atoms with E-state index in [0.29, 0.717) is 11.5 Å². The van der Waals surface area contributed by atoms with E-state index in [1.165, 1.54) is 12.1 Å². The molecule has 0 atom stereocenters. The molecule has 0 spiro atoms. The van der Waals surface area contributed by atoms with Crippen molar-refractivity contribution >= 4 is 11.8 Å². The van der Waals surface area contributed by atoms with Gasteiger partial charge < -0.3 is 5.32 Å². The standard InChI is InChI=1S/C17H21FN4O/c1-17(2,3)14-10-15(20-16(23)19-12-6-7-12)22(21-14)13-8-4-11(18)5-9-13/h4-5,8-10,12H,6-7H2,1-3H3,(H2,19,20,23). The number of halogens is 1. The summed E-state index contributed by atoms with van der Waals surface area (Å²) >= 11 is 0. The van der Waals surface area contributed by atoms with Gasteiger partial charge in [0.05, 0.1) is 11.4 Å². The molecule has 122 valence electrons. The zero-order chi connectivity index (χ0) is 16.6. The maximum atomic E-state index is 13.1. The van der Waals surface area contributed by atoms with Crippen molar-refractivity contribution in [3.8, 4) is 5.69 Å². The number of urea groups is 1. The van der Waals surface area contributed by atoms with Gasteiger partial charge in [-0.3, -0.25) is 5.32 Å². The molecular formula is C17H21FN4O. The first kappa shape index (κ1) is 15.5. The zero-order valence-electron chi connectivity index (χ0n) is 13.6. The van der Waals surface area contributed by atoms with Gasteiger partial charge in [-0.25, -0.2) is 13.9 Å². The second-order valence-electron chi connectivity index (χ2n) is 6.93. The smallest absolute Gasteiger partial charge is 0.320 e. The van der Waals surface area contributed by atoms with Crippen LogP contribution in [-0.2, 0) is 5.41 Å². The lowest BCUT2D eigenvalue weighted by Crippen LogP contribution is -2.31. The molecular weight excluding hydrogens is 295 g/mol. The highest BCUT2D eigenvalue weighted by Crippen LogP contribution is 2.26. The van der Waals surface area contributed by atoms with Crippen LogP contribution in [0.1, 0.15) is 39.3 Å². The molecule has 2 N–H and O–H groups in total. The van der Waals surface area contributed by atoms with Crippen molar-refractivity contribution in [2.45, 2.75) is 45.1 Å². The molecule has 2 amide bonds. The predicted octanol–water partition coefficient (Wildman–Crippen LogP) is 3.59. The fourth-order valence-electron chi connectivity index (χ4n) is 2.18. The Balaban J connectivity index is 1.92. The van der Waals surface area contributed by atoms with Crippen LogP contribution in [0.2, 0.25) is 0 Å². The lowest BCUT2D eigenvalue weighted by molar-refractivity contribution is 0.251. The summed E-state index contributed by atoms with van der Waals surface area (Å²) in [6, 6.07) is 7.92. The first-order chi connectivity index (χ1) is 10.8. The van der Waals surface area contributed by atoms with Gasteiger partial charge in [-0.2, -0.15) is 5.10 Å². The number of nitrogens with zero attached hydrogens (tertiary/aromatic N) is 2. The number of anilines is 1. The number of rotatable bonds is 3. The average molecular weight is 316 g/mol. The van der Waals surface area contributed by atoms with E-state index in [1.807, 2.05) is 6.07 Å². The lowest BCUT2D eigenvalue weighted by atomic mass is 9.92. The summed E-state index contributed by atoms with van der Waals surface area (Å²) in [5, 5.41) is 10.3. The fourth-order valence-corrected chi connectivity index (χ4v) is 2.18. The normalized spacial score (nSPS) is 14.6. The largest absolute Gasteiger partial charge is 0.335 e. The third-order valence-corrected chi connectivity index (χ3v) is 3.70. The van der Waals surface area contributed by atoms with Crippen molar-refractivity contribution in [1.29, 1.82) is 0 Å². The van der Waals surface area contributed by atoms with Crippen molar-refractivity contribution < 1.29 is 9.18 Å². The van der Waals surface area contributed by atoms with E-state index >= 15 is 0 Å². The lowest BCUT2D eigenvalue weighted by Gasteiger charge is -2.14. The third-order valence-electron chi connectivity index (χ3n) is 3.70. The van der Waals surface area contributed by atoms with Crippen LogP contribution in [0.4, 0.5) is 15.0 Å². The van der Waals surface area contributed by atoms with Gasteiger partial charge in [0.15, 0.2) is 0 Å². The van der Waals surface area contributed by atoms with Crippen LogP contribution in [-0.4, -0.2) is 21.9 Å². The van der Waals surface area contributed by atoms with Crippen LogP contribution < -0.4 is 10.6 Å². The van der Waals surface area contributed by atoms with Gasteiger partial charge in [-0.1, -0.05) is 20.8 Å². The molecule has 1 aliphatic rings. The molecule has 1 aromatic carbocycles.